The van der Waals surface area contributed by atoms with Crippen molar-refractivity contribution in [3.63, 3.8) is 0 Å². The van der Waals surface area contributed by atoms with Gasteiger partial charge in [-0.3, -0.25) is 0 Å². The van der Waals surface area contributed by atoms with E-state index in [2.05, 4.69) is 15.0 Å². The van der Waals surface area contributed by atoms with Gasteiger partial charge in [0.05, 0.1) is 6.33 Å². The van der Waals surface area contributed by atoms with E-state index in [0.29, 0.717) is 10.8 Å². The minimum Gasteiger partial charge on any atom is -0.324 e. The second-order valence-corrected chi connectivity index (χ2v) is 3.90. The fourth-order valence-electron chi connectivity index (χ4n) is 1.27. The van der Waals surface area contributed by atoms with E-state index in [9.17, 15) is 0 Å². The van der Waals surface area contributed by atoms with Crippen LogP contribution < -0.4 is 0 Å². The molecule has 0 N–H and O–H groups in total. The zero-order valence-electron chi connectivity index (χ0n) is 7.70. The zero-order valence-corrected chi connectivity index (χ0v) is 9.21. The molecule has 0 unspecified atom stereocenters. The Morgan fingerprint density at radius 3 is 2.64 bits per heavy atom. The molecule has 0 aliphatic rings. The first-order valence-corrected chi connectivity index (χ1v) is 4.90. The van der Waals surface area contributed by atoms with Gasteiger partial charge in [-0.05, 0) is 25.4 Å². The molecule has 0 spiro atoms. The van der Waals surface area contributed by atoms with Crippen molar-refractivity contribution in [2.75, 3.05) is 0 Å². The van der Waals surface area contributed by atoms with Gasteiger partial charge in [0.2, 0.25) is 5.28 Å². The Balaban J connectivity index is 2.79. The summed E-state index contributed by atoms with van der Waals surface area (Å²) in [6.07, 6.45) is 1.69. The summed E-state index contributed by atoms with van der Waals surface area (Å²) in [4.78, 5) is 12.0. The van der Waals surface area contributed by atoms with Crippen molar-refractivity contribution in [1.82, 2.24) is 19.5 Å². The highest BCUT2D eigenvalue weighted by Gasteiger charge is 2.12. The topological polar surface area (TPSA) is 43.6 Å². The average molecular weight is 231 g/mol. The van der Waals surface area contributed by atoms with Crippen LogP contribution in [0.4, 0.5) is 0 Å². The van der Waals surface area contributed by atoms with Crippen LogP contribution >= 0.6 is 23.2 Å². The van der Waals surface area contributed by atoms with E-state index in [4.69, 9.17) is 23.2 Å². The lowest BCUT2D eigenvalue weighted by Crippen LogP contribution is -1.99. The summed E-state index contributed by atoms with van der Waals surface area (Å²) in [5.41, 5.74) is 1.26. The Labute approximate surface area is 90.9 Å². The summed E-state index contributed by atoms with van der Waals surface area (Å²) >= 11 is 11.6. The molecule has 74 valence electrons. The monoisotopic (exact) mass is 230 g/mol. The fourth-order valence-corrected chi connectivity index (χ4v) is 1.74. The van der Waals surface area contributed by atoms with Gasteiger partial charge in [-0.2, -0.15) is 4.98 Å². The first-order chi connectivity index (χ1) is 6.59. The first-order valence-electron chi connectivity index (χ1n) is 4.15. The van der Waals surface area contributed by atoms with Gasteiger partial charge < -0.3 is 4.57 Å². The first kappa shape index (κ1) is 9.68. The maximum atomic E-state index is 5.96. The average Bonchev–Trinajstić information content (AvgIpc) is 2.47. The van der Waals surface area contributed by atoms with Crippen LogP contribution in [0.1, 0.15) is 19.9 Å². The summed E-state index contributed by atoms with van der Waals surface area (Å²) in [6.45, 7) is 4.07. The second-order valence-electron chi connectivity index (χ2n) is 3.20. The van der Waals surface area contributed by atoms with Crippen molar-refractivity contribution >= 4 is 34.4 Å². The third kappa shape index (κ3) is 1.44. The third-order valence-corrected chi connectivity index (χ3v) is 2.35. The van der Waals surface area contributed by atoms with Crippen LogP contribution in [0.2, 0.25) is 10.4 Å². The number of hydrogen-bond acceptors (Lipinski definition) is 3. The van der Waals surface area contributed by atoms with Crippen LogP contribution in [0.15, 0.2) is 6.33 Å². The van der Waals surface area contributed by atoms with Gasteiger partial charge in [0.25, 0.3) is 0 Å². The van der Waals surface area contributed by atoms with E-state index in [1.54, 1.807) is 6.33 Å². The summed E-state index contributed by atoms with van der Waals surface area (Å²) in [6, 6.07) is 0.266. The predicted octanol–water partition coefficient (Wildman–Crippen LogP) is 2.71. The molecule has 0 saturated carbocycles. The van der Waals surface area contributed by atoms with Gasteiger partial charge in [0, 0.05) is 6.04 Å². The van der Waals surface area contributed by atoms with Crippen LogP contribution in [0.3, 0.4) is 0 Å². The number of nitrogens with zero attached hydrogens (tertiary/aromatic N) is 4. The number of halogens is 2. The van der Waals surface area contributed by atoms with E-state index in [-0.39, 0.29) is 11.3 Å². The Hall–Kier alpha value is -0.870. The number of imidazole rings is 1. The highest BCUT2D eigenvalue weighted by Crippen LogP contribution is 2.23. The minimum absolute atomic E-state index is 0.122. The number of aromatic nitrogens is 4. The number of rotatable bonds is 1. The second kappa shape index (κ2) is 3.37. The summed E-state index contributed by atoms with van der Waals surface area (Å²) < 4.78 is 1.91. The Kier molecular flexibility index (Phi) is 2.33. The molecule has 0 atom stereocenters. The van der Waals surface area contributed by atoms with Crippen molar-refractivity contribution in [3.05, 3.63) is 16.8 Å². The number of fused-ring (bicyclic) bond motifs is 1. The molecule has 0 radical (unpaired) electrons. The highest BCUT2D eigenvalue weighted by molar-refractivity contribution is 6.35. The van der Waals surface area contributed by atoms with Crippen LogP contribution in [-0.2, 0) is 0 Å². The molecule has 14 heavy (non-hydrogen) atoms. The molecule has 6 heteroatoms. The quantitative estimate of drug-likeness (QED) is 0.559. The molecule has 0 bridgehead atoms. The normalized spacial score (nSPS) is 11.5. The highest BCUT2D eigenvalue weighted by atomic mass is 35.5. The molecule has 0 aliphatic heterocycles. The van der Waals surface area contributed by atoms with Crippen LogP contribution in [-0.4, -0.2) is 19.5 Å². The molecule has 2 aromatic rings. The van der Waals surface area contributed by atoms with Gasteiger partial charge in [-0.25, -0.2) is 9.97 Å². The molecule has 0 fully saturated rings. The molecule has 4 nitrogen and oxygen atoms in total. The lowest BCUT2D eigenvalue weighted by Gasteiger charge is -2.07. The lowest BCUT2D eigenvalue weighted by molar-refractivity contribution is 0.617. The fraction of sp³-hybridized carbons (Fsp3) is 0.375. The predicted molar refractivity (Wildman–Crippen MR) is 55.7 cm³/mol. The summed E-state index contributed by atoms with van der Waals surface area (Å²) in [7, 11) is 0. The largest absolute Gasteiger partial charge is 0.324 e. The van der Waals surface area contributed by atoms with Gasteiger partial charge >= 0.3 is 0 Å². The van der Waals surface area contributed by atoms with Crippen molar-refractivity contribution in [1.29, 1.82) is 0 Å². The van der Waals surface area contributed by atoms with Gasteiger partial charge in [-0.15, -0.1) is 0 Å². The SMILES string of the molecule is CC(C)n1cnc2nc(Cl)nc(Cl)c21. The Morgan fingerprint density at radius 2 is 2.00 bits per heavy atom. The van der Waals surface area contributed by atoms with Crippen LogP contribution in [0.25, 0.3) is 11.2 Å². The minimum atomic E-state index is 0.122. The van der Waals surface area contributed by atoms with Crippen molar-refractivity contribution in [2.24, 2.45) is 0 Å². The van der Waals surface area contributed by atoms with Crippen molar-refractivity contribution in [2.45, 2.75) is 19.9 Å². The zero-order chi connectivity index (χ0) is 10.3. The van der Waals surface area contributed by atoms with E-state index in [1.807, 2.05) is 18.4 Å². The number of hydrogen-bond donors (Lipinski definition) is 0. The summed E-state index contributed by atoms with van der Waals surface area (Å²) in [5.74, 6) is 0. The van der Waals surface area contributed by atoms with E-state index < -0.39 is 0 Å². The Bertz CT molecular complexity index is 477. The van der Waals surface area contributed by atoms with E-state index >= 15 is 0 Å². The smallest absolute Gasteiger partial charge is 0.225 e. The molecule has 0 aliphatic carbocycles. The van der Waals surface area contributed by atoms with Crippen molar-refractivity contribution < 1.29 is 0 Å². The van der Waals surface area contributed by atoms with Crippen molar-refractivity contribution in [3.8, 4) is 0 Å². The standard InChI is InChI=1S/C8H8Cl2N4/c1-4(2)14-3-11-7-5(14)6(9)12-8(10)13-7/h3-4H,1-2H3. The van der Waals surface area contributed by atoms with Crippen LogP contribution in [0, 0.1) is 0 Å². The lowest BCUT2D eigenvalue weighted by atomic mass is 10.4. The maximum Gasteiger partial charge on any atom is 0.225 e. The van der Waals surface area contributed by atoms with E-state index in [0.717, 1.165) is 5.52 Å². The summed E-state index contributed by atoms with van der Waals surface area (Å²) in [5, 5.41) is 0.461. The van der Waals surface area contributed by atoms with Gasteiger partial charge in [-0.1, -0.05) is 11.6 Å². The molecule has 0 aromatic carbocycles. The molecule has 2 heterocycles. The molecule has 0 saturated heterocycles. The molecule has 2 aromatic heterocycles. The Morgan fingerprint density at radius 1 is 1.29 bits per heavy atom. The maximum absolute atomic E-state index is 5.96. The molecular formula is C8H8Cl2N4. The molecular weight excluding hydrogens is 223 g/mol. The van der Waals surface area contributed by atoms with E-state index in [1.165, 1.54) is 0 Å². The van der Waals surface area contributed by atoms with Gasteiger partial charge in [0.1, 0.15) is 5.52 Å². The molecule has 2 rings (SSSR count). The third-order valence-electron chi connectivity index (χ3n) is 1.91. The molecule has 0 amide bonds. The van der Waals surface area contributed by atoms with Crippen LogP contribution in [0.5, 0.6) is 0 Å². The van der Waals surface area contributed by atoms with Gasteiger partial charge in [0.15, 0.2) is 10.8 Å².